The minimum Gasteiger partial charge on any atom is -0.372 e. The van der Waals surface area contributed by atoms with E-state index in [1.165, 1.54) is 9.78 Å². The van der Waals surface area contributed by atoms with Gasteiger partial charge in [-0.2, -0.15) is 0 Å². The Hall–Kier alpha value is -2.22. The van der Waals surface area contributed by atoms with Crippen molar-refractivity contribution in [3.8, 4) is 0 Å². The van der Waals surface area contributed by atoms with Crippen molar-refractivity contribution in [1.82, 2.24) is 4.90 Å². The molecule has 0 bridgehead atoms. The Labute approximate surface area is 182 Å². The summed E-state index contributed by atoms with van der Waals surface area (Å²) in [6.45, 7) is 8.17. The van der Waals surface area contributed by atoms with Gasteiger partial charge in [0.25, 0.3) is 11.8 Å². The number of carbonyl (C=O) groups is 2. The van der Waals surface area contributed by atoms with E-state index >= 15 is 0 Å². The maximum Gasteiger partial charge on any atom is 0.279 e. The van der Waals surface area contributed by atoms with Crippen molar-refractivity contribution in [2.75, 3.05) is 38.1 Å². The second-order valence-corrected chi connectivity index (χ2v) is 8.66. The number of rotatable bonds is 10. The Morgan fingerprint density at radius 2 is 1.97 bits per heavy atom. The summed E-state index contributed by atoms with van der Waals surface area (Å²) in [5.41, 5.74) is 1.35. The summed E-state index contributed by atoms with van der Waals surface area (Å²) in [5, 5.41) is 5.05. The van der Waals surface area contributed by atoms with Gasteiger partial charge in [0.2, 0.25) is 0 Å². The van der Waals surface area contributed by atoms with Gasteiger partial charge in [-0.3, -0.25) is 9.59 Å². The quantitative estimate of drug-likeness (QED) is 0.609. The lowest BCUT2D eigenvalue weighted by Crippen LogP contribution is -3.12. The number of quaternary nitrogens is 1. The Kier molecular flexibility index (Phi) is 8.42. The molecular weight excluding hydrogens is 398 g/mol. The highest BCUT2D eigenvalue weighted by atomic mass is 32.1. The molecule has 0 aliphatic carbocycles. The molecule has 3 rings (SSSR count). The van der Waals surface area contributed by atoms with Crippen LogP contribution in [-0.2, 0) is 16.1 Å². The van der Waals surface area contributed by atoms with Crippen LogP contribution >= 0.6 is 11.3 Å². The zero-order chi connectivity index (χ0) is 21.3. The molecule has 1 aromatic heterocycles. The SMILES string of the molecule is CCN(CC)C(=O)c1ccc(NC(=O)C[NH+](Cc2cccs2)C[C@@H]2CCCO2)cc1. The highest BCUT2D eigenvalue weighted by Crippen LogP contribution is 2.13. The molecule has 2 N–H and O–H groups in total. The summed E-state index contributed by atoms with van der Waals surface area (Å²) in [5.74, 6) is -0.0108. The van der Waals surface area contributed by atoms with Gasteiger partial charge in [-0.05, 0) is 62.4 Å². The molecule has 1 fully saturated rings. The van der Waals surface area contributed by atoms with Crippen molar-refractivity contribution in [2.45, 2.75) is 39.3 Å². The number of benzene rings is 1. The van der Waals surface area contributed by atoms with Crippen LogP contribution in [0.3, 0.4) is 0 Å². The first-order valence-corrected chi connectivity index (χ1v) is 11.6. The maximum atomic E-state index is 12.7. The highest BCUT2D eigenvalue weighted by Gasteiger charge is 2.24. The monoisotopic (exact) mass is 430 g/mol. The topological polar surface area (TPSA) is 63.1 Å². The van der Waals surface area contributed by atoms with Crippen LogP contribution < -0.4 is 10.2 Å². The van der Waals surface area contributed by atoms with Crippen LogP contribution in [-0.4, -0.2) is 55.6 Å². The predicted octanol–water partition coefficient (Wildman–Crippen LogP) is 2.43. The van der Waals surface area contributed by atoms with Gasteiger partial charge in [-0.1, -0.05) is 6.07 Å². The predicted molar refractivity (Wildman–Crippen MR) is 120 cm³/mol. The third-order valence-electron chi connectivity index (χ3n) is 5.42. The van der Waals surface area contributed by atoms with Crippen molar-refractivity contribution >= 4 is 28.8 Å². The number of hydrogen-bond donors (Lipinski definition) is 2. The average Bonchev–Trinajstić information content (AvgIpc) is 3.43. The Balaban J connectivity index is 1.58. The van der Waals surface area contributed by atoms with E-state index in [1.807, 2.05) is 19.9 Å². The molecule has 1 unspecified atom stereocenters. The van der Waals surface area contributed by atoms with Crippen LogP contribution in [0.15, 0.2) is 41.8 Å². The third-order valence-corrected chi connectivity index (χ3v) is 6.30. The molecular formula is C23H32N3O3S+. The Bertz CT molecular complexity index is 798. The van der Waals surface area contributed by atoms with Crippen molar-refractivity contribution in [3.05, 3.63) is 52.2 Å². The van der Waals surface area contributed by atoms with Crippen molar-refractivity contribution < 1.29 is 19.2 Å². The minimum absolute atomic E-state index is 0.0148. The summed E-state index contributed by atoms with van der Waals surface area (Å²) in [6.07, 6.45) is 2.40. The van der Waals surface area contributed by atoms with E-state index in [1.54, 1.807) is 40.5 Å². The summed E-state index contributed by atoms with van der Waals surface area (Å²) >= 11 is 1.72. The molecule has 2 amide bonds. The van der Waals surface area contributed by atoms with E-state index in [2.05, 4.69) is 16.8 Å². The normalized spacial score (nSPS) is 16.9. The first kappa shape index (κ1) is 22.5. The van der Waals surface area contributed by atoms with E-state index in [-0.39, 0.29) is 17.9 Å². The number of anilines is 1. The van der Waals surface area contributed by atoms with Crippen LogP contribution in [0.25, 0.3) is 0 Å². The lowest BCUT2D eigenvalue weighted by Gasteiger charge is -2.21. The molecule has 2 heterocycles. The van der Waals surface area contributed by atoms with Crippen molar-refractivity contribution in [1.29, 1.82) is 0 Å². The van der Waals surface area contributed by atoms with Crippen LogP contribution in [0.1, 0.15) is 41.9 Å². The van der Waals surface area contributed by atoms with E-state index in [0.717, 1.165) is 32.5 Å². The molecule has 0 spiro atoms. The molecule has 6 nitrogen and oxygen atoms in total. The molecule has 7 heteroatoms. The molecule has 2 atom stereocenters. The molecule has 0 radical (unpaired) electrons. The first-order valence-electron chi connectivity index (χ1n) is 10.8. The summed E-state index contributed by atoms with van der Waals surface area (Å²) in [4.78, 5) is 29.4. The molecule has 2 aromatic rings. The van der Waals surface area contributed by atoms with Gasteiger partial charge in [0.05, 0.1) is 4.88 Å². The van der Waals surface area contributed by atoms with Crippen LogP contribution in [0.2, 0.25) is 0 Å². The molecule has 1 aliphatic heterocycles. The van der Waals surface area contributed by atoms with Crippen molar-refractivity contribution in [2.24, 2.45) is 0 Å². The molecule has 1 aromatic carbocycles. The average molecular weight is 431 g/mol. The zero-order valence-electron chi connectivity index (χ0n) is 17.9. The number of nitrogens with zero attached hydrogens (tertiary/aromatic N) is 1. The number of amides is 2. The van der Waals surface area contributed by atoms with Gasteiger partial charge in [-0.15, -0.1) is 11.3 Å². The highest BCUT2D eigenvalue weighted by molar-refractivity contribution is 7.09. The summed E-state index contributed by atoms with van der Waals surface area (Å²) < 4.78 is 5.79. The third kappa shape index (κ3) is 6.39. The Morgan fingerprint density at radius 3 is 2.57 bits per heavy atom. The zero-order valence-corrected chi connectivity index (χ0v) is 18.7. The van der Waals surface area contributed by atoms with Gasteiger partial charge in [0.15, 0.2) is 6.54 Å². The number of nitrogens with one attached hydrogen (secondary N) is 2. The van der Waals surface area contributed by atoms with Gasteiger partial charge in [0, 0.05) is 30.9 Å². The number of ether oxygens (including phenoxy) is 1. The first-order chi connectivity index (χ1) is 14.6. The lowest BCUT2D eigenvalue weighted by atomic mass is 10.1. The van der Waals surface area contributed by atoms with Crippen LogP contribution in [0.5, 0.6) is 0 Å². The fraction of sp³-hybridized carbons (Fsp3) is 0.478. The van der Waals surface area contributed by atoms with Gasteiger partial charge < -0.3 is 19.9 Å². The van der Waals surface area contributed by atoms with E-state index in [9.17, 15) is 9.59 Å². The smallest absolute Gasteiger partial charge is 0.279 e. The molecule has 162 valence electrons. The van der Waals surface area contributed by atoms with Gasteiger partial charge in [0.1, 0.15) is 19.2 Å². The Morgan fingerprint density at radius 1 is 1.20 bits per heavy atom. The summed E-state index contributed by atoms with van der Waals surface area (Å²) in [7, 11) is 0. The minimum atomic E-state index is -0.0256. The molecule has 30 heavy (non-hydrogen) atoms. The fourth-order valence-corrected chi connectivity index (χ4v) is 4.59. The van der Waals surface area contributed by atoms with E-state index in [4.69, 9.17) is 4.74 Å². The van der Waals surface area contributed by atoms with Crippen molar-refractivity contribution in [3.63, 3.8) is 0 Å². The number of thiophene rings is 1. The van der Waals surface area contributed by atoms with Gasteiger partial charge in [-0.25, -0.2) is 0 Å². The number of hydrogen-bond acceptors (Lipinski definition) is 4. The van der Waals surface area contributed by atoms with Gasteiger partial charge >= 0.3 is 0 Å². The largest absolute Gasteiger partial charge is 0.372 e. The van der Waals surface area contributed by atoms with E-state index < -0.39 is 0 Å². The molecule has 1 aliphatic rings. The second kappa shape index (κ2) is 11.2. The summed E-state index contributed by atoms with van der Waals surface area (Å²) in [6, 6.07) is 11.3. The lowest BCUT2D eigenvalue weighted by molar-refractivity contribution is -0.908. The second-order valence-electron chi connectivity index (χ2n) is 7.63. The number of carbonyl (C=O) groups excluding carboxylic acids is 2. The standard InChI is InChI=1S/C23H31N3O3S/c1-3-26(4-2)23(28)18-9-11-19(12-10-18)24-22(27)17-25(15-20-7-5-13-29-20)16-21-8-6-14-30-21/h6,8-12,14,20H,3-5,7,13,15-17H2,1-2H3,(H,24,27)/p+1/t20-/m0/s1. The van der Waals surface area contributed by atoms with Crippen LogP contribution in [0.4, 0.5) is 5.69 Å². The molecule has 1 saturated heterocycles. The maximum absolute atomic E-state index is 12.7. The fourth-order valence-electron chi connectivity index (χ4n) is 3.82. The molecule has 0 saturated carbocycles. The van der Waals surface area contributed by atoms with E-state index in [0.29, 0.717) is 30.9 Å². The van der Waals surface area contributed by atoms with Crippen LogP contribution in [0, 0.1) is 0 Å².